The van der Waals surface area contributed by atoms with Crippen molar-refractivity contribution in [1.29, 1.82) is 0 Å². The fourth-order valence-electron chi connectivity index (χ4n) is 3.82. The van der Waals surface area contributed by atoms with Gasteiger partial charge in [-0.15, -0.1) is 0 Å². The number of aromatic nitrogens is 1. The lowest BCUT2D eigenvalue weighted by molar-refractivity contribution is 0.383. The molecular weight excluding hydrogens is 282 g/mol. The quantitative estimate of drug-likeness (QED) is 0.768. The van der Waals surface area contributed by atoms with Crippen molar-refractivity contribution >= 4 is 11.4 Å². The maximum absolute atomic E-state index is 4.80. The van der Waals surface area contributed by atoms with E-state index in [1.807, 2.05) is 6.20 Å². The number of benzene rings is 1. The zero-order chi connectivity index (χ0) is 16.3. The molecule has 1 atom stereocenters. The van der Waals surface area contributed by atoms with Crippen LogP contribution in [0, 0.1) is 6.92 Å². The maximum Gasteiger partial charge on any atom is 0.103 e. The van der Waals surface area contributed by atoms with Crippen LogP contribution < -0.4 is 4.90 Å². The fraction of sp³-hybridized carbons (Fsp3) is 0.350. The molecule has 0 saturated heterocycles. The second-order valence-electron chi connectivity index (χ2n) is 6.93. The Balaban J connectivity index is 2.11. The largest absolute Gasteiger partial charge is 0.358 e. The molecule has 3 heterocycles. The third-order valence-corrected chi connectivity index (χ3v) is 5.15. The van der Waals surface area contributed by atoms with Gasteiger partial charge in [-0.25, -0.2) is 0 Å². The summed E-state index contributed by atoms with van der Waals surface area (Å²) in [5.74, 6) is 0.476. The SMILES string of the molecule is Cc1ccnc2c1N1C(=CN(C)[C@@H]1C)c1cccc(C(C)C)c1-2. The normalized spacial score (nSPS) is 18.7. The molecule has 2 aromatic rings. The van der Waals surface area contributed by atoms with Gasteiger partial charge >= 0.3 is 0 Å². The van der Waals surface area contributed by atoms with Crippen LogP contribution in [0.1, 0.15) is 43.4 Å². The summed E-state index contributed by atoms with van der Waals surface area (Å²) >= 11 is 0. The molecule has 0 saturated carbocycles. The average Bonchev–Trinajstić information content (AvgIpc) is 2.83. The van der Waals surface area contributed by atoms with Crippen molar-refractivity contribution in [2.24, 2.45) is 0 Å². The monoisotopic (exact) mass is 305 g/mol. The number of rotatable bonds is 1. The van der Waals surface area contributed by atoms with Crippen molar-refractivity contribution in [1.82, 2.24) is 9.88 Å². The van der Waals surface area contributed by atoms with Crippen LogP contribution in [0.15, 0.2) is 36.7 Å². The predicted octanol–water partition coefficient (Wildman–Crippen LogP) is 4.59. The van der Waals surface area contributed by atoms with Crippen molar-refractivity contribution in [2.75, 3.05) is 11.9 Å². The van der Waals surface area contributed by atoms with Crippen LogP contribution in [0.3, 0.4) is 0 Å². The molecule has 0 amide bonds. The summed E-state index contributed by atoms with van der Waals surface area (Å²) in [5, 5.41) is 0. The zero-order valence-corrected chi connectivity index (χ0v) is 14.5. The molecule has 0 aliphatic carbocycles. The molecular formula is C20H23N3. The molecule has 0 fully saturated rings. The van der Waals surface area contributed by atoms with Crippen LogP contribution in [0.25, 0.3) is 17.0 Å². The Morgan fingerprint density at radius 2 is 1.96 bits per heavy atom. The smallest absolute Gasteiger partial charge is 0.103 e. The van der Waals surface area contributed by atoms with Crippen LogP contribution in [-0.4, -0.2) is 23.1 Å². The molecule has 3 nitrogen and oxygen atoms in total. The predicted molar refractivity (Wildman–Crippen MR) is 96.2 cm³/mol. The van der Waals surface area contributed by atoms with Crippen LogP contribution in [0.5, 0.6) is 0 Å². The summed E-state index contributed by atoms with van der Waals surface area (Å²) < 4.78 is 0. The van der Waals surface area contributed by atoms with Crippen molar-refractivity contribution in [3.63, 3.8) is 0 Å². The number of fused-ring (bicyclic) bond motifs is 6. The summed E-state index contributed by atoms with van der Waals surface area (Å²) in [5.41, 5.74) is 8.96. The molecule has 0 spiro atoms. The van der Waals surface area contributed by atoms with Gasteiger partial charge in [-0.1, -0.05) is 32.0 Å². The highest BCUT2D eigenvalue weighted by molar-refractivity contribution is 6.00. The number of anilines is 1. The molecule has 0 unspecified atom stereocenters. The summed E-state index contributed by atoms with van der Waals surface area (Å²) in [7, 11) is 2.15. The first kappa shape index (κ1) is 14.3. The molecule has 118 valence electrons. The Labute approximate surface area is 138 Å². The Hall–Kier alpha value is -2.29. The molecule has 0 radical (unpaired) electrons. The topological polar surface area (TPSA) is 19.4 Å². The van der Waals surface area contributed by atoms with E-state index < -0.39 is 0 Å². The van der Waals surface area contributed by atoms with E-state index in [2.05, 4.69) is 75.0 Å². The summed E-state index contributed by atoms with van der Waals surface area (Å²) in [6, 6.07) is 8.77. The van der Waals surface area contributed by atoms with Crippen LogP contribution in [-0.2, 0) is 0 Å². The first-order valence-corrected chi connectivity index (χ1v) is 8.33. The number of pyridine rings is 1. The van der Waals surface area contributed by atoms with Crippen LogP contribution >= 0.6 is 0 Å². The lowest BCUT2D eigenvalue weighted by Gasteiger charge is -2.37. The van der Waals surface area contributed by atoms with Gasteiger partial charge in [0.25, 0.3) is 0 Å². The Morgan fingerprint density at radius 1 is 1.17 bits per heavy atom. The van der Waals surface area contributed by atoms with E-state index in [1.54, 1.807) is 0 Å². The summed E-state index contributed by atoms with van der Waals surface area (Å²) in [6.45, 7) is 8.95. The third kappa shape index (κ3) is 1.86. The molecule has 1 aromatic carbocycles. The van der Waals surface area contributed by atoms with Crippen LogP contribution in [0.2, 0.25) is 0 Å². The minimum atomic E-state index is 0.308. The Kier molecular flexibility index (Phi) is 3.02. The van der Waals surface area contributed by atoms with Gasteiger partial charge in [0.15, 0.2) is 0 Å². The van der Waals surface area contributed by atoms with Gasteiger partial charge in [0.1, 0.15) is 6.17 Å². The first-order chi connectivity index (χ1) is 11.0. The van der Waals surface area contributed by atoms with Crippen molar-refractivity contribution < 1.29 is 0 Å². The van der Waals surface area contributed by atoms with Gasteiger partial charge in [0, 0.05) is 30.6 Å². The number of hydrogen-bond acceptors (Lipinski definition) is 3. The second-order valence-corrected chi connectivity index (χ2v) is 6.93. The maximum atomic E-state index is 4.80. The van der Waals surface area contributed by atoms with E-state index in [9.17, 15) is 0 Å². The van der Waals surface area contributed by atoms with Gasteiger partial charge in [0.05, 0.1) is 17.1 Å². The fourth-order valence-corrected chi connectivity index (χ4v) is 3.82. The lowest BCUT2D eigenvalue weighted by Crippen LogP contribution is -2.37. The average molecular weight is 305 g/mol. The van der Waals surface area contributed by atoms with Crippen LogP contribution in [0.4, 0.5) is 5.69 Å². The molecule has 3 heteroatoms. The van der Waals surface area contributed by atoms with E-state index in [1.165, 1.54) is 33.6 Å². The number of aryl methyl sites for hydroxylation is 1. The highest BCUT2D eigenvalue weighted by Crippen LogP contribution is 2.50. The molecule has 23 heavy (non-hydrogen) atoms. The number of nitrogens with zero attached hydrogens (tertiary/aromatic N) is 3. The van der Waals surface area contributed by atoms with Gasteiger partial charge in [-0.2, -0.15) is 0 Å². The standard InChI is InChI=1S/C20H23N3/c1-12(2)15-7-6-8-16-17-11-22(5)14(4)23(17)20-13(3)9-10-21-19(20)18(15)16/h6-12,14H,1-5H3/t14-/m0/s1. The summed E-state index contributed by atoms with van der Waals surface area (Å²) in [4.78, 5) is 9.51. The van der Waals surface area contributed by atoms with Crippen molar-refractivity contribution in [2.45, 2.75) is 39.8 Å². The third-order valence-electron chi connectivity index (χ3n) is 5.15. The minimum Gasteiger partial charge on any atom is -0.358 e. The van der Waals surface area contributed by atoms with E-state index in [4.69, 9.17) is 4.98 Å². The van der Waals surface area contributed by atoms with Gasteiger partial charge in [0.2, 0.25) is 0 Å². The van der Waals surface area contributed by atoms with E-state index in [0.29, 0.717) is 12.1 Å². The Bertz CT molecular complexity index is 820. The Morgan fingerprint density at radius 3 is 2.70 bits per heavy atom. The van der Waals surface area contributed by atoms with E-state index >= 15 is 0 Å². The van der Waals surface area contributed by atoms with E-state index in [0.717, 1.165) is 5.69 Å². The molecule has 4 rings (SSSR count). The highest BCUT2D eigenvalue weighted by atomic mass is 15.4. The van der Waals surface area contributed by atoms with Gasteiger partial charge < -0.3 is 9.80 Å². The zero-order valence-electron chi connectivity index (χ0n) is 14.5. The molecule has 0 bridgehead atoms. The number of hydrogen-bond donors (Lipinski definition) is 0. The molecule has 1 aromatic heterocycles. The molecule has 0 N–H and O–H groups in total. The highest BCUT2D eigenvalue weighted by Gasteiger charge is 2.37. The van der Waals surface area contributed by atoms with Gasteiger partial charge in [-0.3, -0.25) is 4.98 Å². The van der Waals surface area contributed by atoms with Crippen molar-refractivity contribution in [3.8, 4) is 11.3 Å². The molecule has 2 aliphatic rings. The minimum absolute atomic E-state index is 0.308. The summed E-state index contributed by atoms with van der Waals surface area (Å²) in [6.07, 6.45) is 4.51. The second kappa shape index (κ2) is 4.85. The first-order valence-electron chi connectivity index (χ1n) is 8.33. The lowest BCUT2D eigenvalue weighted by atomic mass is 9.86. The molecule has 2 aliphatic heterocycles. The van der Waals surface area contributed by atoms with Crippen molar-refractivity contribution in [3.05, 3.63) is 53.4 Å². The van der Waals surface area contributed by atoms with Gasteiger partial charge in [-0.05, 0) is 37.0 Å². The van der Waals surface area contributed by atoms with E-state index in [-0.39, 0.29) is 0 Å².